The minimum Gasteiger partial charge on any atom is -0.445 e. The molecular formula is C6H11ClN2O2. The van der Waals surface area contributed by atoms with Crippen LogP contribution in [-0.2, 0) is 4.74 Å². The molecule has 0 spiro atoms. The van der Waals surface area contributed by atoms with E-state index in [-0.39, 0.29) is 36.7 Å². The standard InChI is InChI=1S/C6H10N2O2.ClH/c7-4-1-3-2-5(4)10-6(9)8-3;/h3-5H,1-2,7H2,(H,8,9);1H/t3-,4-,5-;/m0./s1. The Labute approximate surface area is 70.9 Å². The first kappa shape index (κ1) is 8.62. The van der Waals surface area contributed by atoms with Gasteiger partial charge in [-0.25, -0.2) is 4.79 Å². The lowest BCUT2D eigenvalue weighted by Gasteiger charge is -2.20. The first-order chi connectivity index (χ1) is 4.75. The maximum absolute atomic E-state index is 10.7. The average molecular weight is 179 g/mol. The topological polar surface area (TPSA) is 64.3 Å². The minimum atomic E-state index is -0.311. The van der Waals surface area contributed by atoms with E-state index in [0.29, 0.717) is 0 Å². The highest BCUT2D eigenvalue weighted by atomic mass is 35.5. The van der Waals surface area contributed by atoms with E-state index >= 15 is 0 Å². The second-order valence-electron chi connectivity index (χ2n) is 2.92. The monoisotopic (exact) mass is 178 g/mol. The summed E-state index contributed by atoms with van der Waals surface area (Å²) in [4.78, 5) is 10.7. The Morgan fingerprint density at radius 3 is 2.91 bits per heavy atom. The minimum absolute atomic E-state index is 0. The Balaban J connectivity index is 0.000000605. The van der Waals surface area contributed by atoms with Crippen LogP contribution in [0.1, 0.15) is 12.8 Å². The number of nitrogens with two attached hydrogens (primary N) is 1. The highest BCUT2D eigenvalue weighted by Crippen LogP contribution is 2.24. The van der Waals surface area contributed by atoms with Crippen LogP contribution in [0.2, 0.25) is 0 Å². The fourth-order valence-corrected chi connectivity index (χ4v) is 1.62. The molecule has 1 aliphatic carbocycles. The fourth-order valence-electron chi connectivity index (χ4n) is 1.62. The summed E-state index contributed by atoms with van der Waals surface area (Å²) < 4.78 is 4.91. The lowest BCUT2D eigenvalue weighted by Crippen LogP contribution is -2.41. The van der Waals surface area contributed by atoms with Crippen LogP contribution in [-0.4, -0.2) is 24.3 Å². The highest BCUT2D eigenvalue weighted by molar-refractivity contribution is 5.85. The number of hydrogen-bond donors (Lipinski definition) is 2. The quantitative estimate of drug-likeness (QED) is 0.549. The molecule has 5 heteroatoms. The third-order valence-corrected chi connectivity index (χ3v) is 2.13. The molecule has 1 amide bonds. The molecule has 1 saturated carbocycles. The molecule has 2 aliphatic rings. The summed E-state index contributed by atoms with van der Waals surface area (Å²) in [6.45, 7) is 0. The molecular weight excluding hydrogens is 168 g/mol. The number of halogens is 1. The van der Waals surface area contributed by atoms with Gasteiger partial charge in [0.25, 0.3) is 0 Å². The van der Waals surface area contributed by atoms with Gasteiger partial charge in [-0.2, -0.15) is 0 Å². The second kappa shape index (κ2) is 2.87. The van der Waals surface area contributed by atoms with Crippen LogP contribution < -0.4 is 11.1 Å². The van der Waals surface area contributed by atoms with Crippen LogP contribution in [0.15, 0.2) is 0 Å². The van der Waals surface area contributed by atoms with Gasteiger partial charge in [0, 0.05) is 18.5 Å². The van der Waals surface area contributed by atoms with Crippen LogP contribution in [0.4, 0.5) is 4.79 Å². The third kappa shape index (κ3) is 1.41. The Hall–Kier alpha value is -0.480. The molecule has 0 radical (unpaired) electrons. The molecule has 1 saturated heterocycles. The number of carbonyl (C=O) groups is 1. The smallest absolute Gasteiger partial charge is 0.407 e. The maximum atomic E-state index is 10.7. The summed E-state index contributed by atoms with van der Waals surface area (Å²) in [5.74, 6) is 0. The molecule has 2 bridgehead atoms. The van der Waals surface area contributed by atoms with Crippen molar-refractivity contribution in [3.8, 4) is 0 Å². The molecule has 11 heavy (non-hydrogen) atoms. The largest absolute Gasteiger partial charge is 0.445 e. The van der Waals surface area contributed by atoms with Crippen LogP contribution in [0.3, 0.4) is 0 Å². The summed E-state index contributed by atoms with van der Waals surface area (Å²) >= 11 is 0. The van der Waals surface area contributed by atoms with E-state index in [1.54, 1.807) is 0 Å². The molecule has 2 rings (SSSR count). The van der Waals surface area contributed by atoms with Crippen LogP contribution >= 0.6 is 12.4 Å². The van der Waals surface area contributed by atoms with Gasteiger partial charge in [0.1, 0.15) is 6.10 Å². The van der Waals surface area contributed by atoms with Crippen LogP contribution in [0, 0.1) is 0 Å². The van der Waals surface area contributed by atoms with Crippen molar-refractivity contribution in [1.29, 1.82) is 0 Å². The number of alkyl carbamates (subject to hydrolysis) is 1. The van der Waals surface area contributed by atoms with Crippen molar-refractivity contribution < 1.29 is 9.53 Å². The molecule has 0 aromatic rings. The predicted molar refractivity (Wildman–Crippen MR) is 41.7 cm³/mol. The Morgan fingerprint density at radius 2 is 2.27 bits per heavy atom. The zero-order valence-corrected chi connectivity index (χ0v) is 6.76. The Morgan fingerprint density at radius 1 is 1.55 bits per heavy atom. The molecule has 64 valence electrons. The van der Waals surface area contributed by atoms with E-state index in [4.69, 9.17) is 10.5 Å². The van der Waals surface area contributed by atoms with Gasteiger partial charge in [-0.15, -0.1) is 12.4 Å². The number of carbonyl (C=O) groups excluding carboxylic acids is 1. The van der Waals surface area contributed by atoms with Gasteiger partial charge in [-0.3, -0.25) is 0 Å². The Kier molecular flexibility index (Phi) is 2.25. The molecule has 1 heterocycles. The summed E-state index contributed by atoms with van der Waals surface area (Å²) in [6, 6.07) is 0.310. The van der Waals surface area contributed by atoms with Crippen molar-refractivity contribution in [2.45, 2.75) is 31.0 Å². The molecule has 0 aromatic carbocycles. The lowest BCUT2D eigenvalue weighted by molar-refractivity contribution is 0.0772. The van der Waals surface area contributed by atoms with Gasteiger partial charge in [0.2, 0.25) is 0 Å². The molecule has 2 fully saturated rings. The molecule has 3 N–H and O–H groups in total. The molecule has 1 aliphatic heterocycles. The normalized spacial score (nSPS) is 40.5. The SMILES string of the molecule is Cl.N[C@H]1C[C@H]2C[C@@H]1OC(=O)N2. The number of nitrogens with one attached hydrogen (secondary N) is 1. The number of ether oxygens (including phenoxy) is 1. The second-order valence-corrected chi connectivity index (χ2v) is 2.92. The summed E-state index contributed by atoms with van der Waals surface area (Å²) in [7, 11) is 0. The van der Waals surface area contributed by atoms with Gasteiger partial charge >= 0.3 is 6.09 Å². The first-order valence-electron chi connectivity index (χ1n) is 3.48. The predicted octanol–water partition coefficient (Wildman–Crippen LogP) is 0.00630. The van der Waals surface area contributed by atoms with Gasteiger partial charge in [0.15, 0.2) is 0 Å². The van der Waals surface area contributed by atoms with Gasteiger partial charge in [0.05, 0.1) is 0 Å². The van der Waals surface area contributed by atoms with Gasteiger partial charge in [-0.1, -0.05) is 0 Å². The number of hydrogen-bond acceptors (Lipinski definition) is 3. The zero-order valence-electron chi connectivity index (χ0n) is 5.95. The number of fused-ring (bicyclic) bond motifs is 2. The van der Waals surface area contributed by atoms with Crippen LogP contribution in [0.25, 0.3) is 0 Å². The van der Waals surface area contributed by atoms with Crippen molar-refractivity contribution in [3.63, 3.8) is 0 Å². The van der Waals surface area contributed by atoms with E-state index in [9.17, 15) is 4.79 Å². The number of amides is 1. The van der Waals surface area contributed by atoms with Crippen molar-refractivity contribution in [2.24, 2.45) is 5.73 Å². The van der Waals surface area contributed by atoms with Gasteiger partial charge in [-0.05, 0) is 6.42 Å². The molecule has 3 atom stereocenters. The summed E-state index contributed by atoms with van der Waals surface area (Å²) in [5.41, 5.74) is 5.66. The van der Waals surface area contributed by atoms with Gasteiger partial charge < -0.3 is 15.8 Å². The van der Waals surface area contributed by atoms with Crippen molar-refractivity contribution in [3.05, 3.63) is 0 Å². The van der Waals surface area contributed by atoms with Crippen molar-refractivity contribution in [1.82, 2.24) is 5.32 Å². The molecule has 0 aromatic heterocycles. The van der Waals surface area contributed by atoms with E-state index in [0.717, 1.165) is 12.8 Å². The fraction of sp³-hybridized carbons (Fsp3) is 0.833. The summed E-state index contributed by atoms with van der Waals surface area (Å²) in [6.07, 6.45) is 1.40. The number of rotatable bonds is 0. The van der Waals surface area contributed by atoms with E-state index in [2.05, 4.69) is 5.32 Å². The highest BCUT2D eigenvalue weighted by Gasteiger charge is 2.39. The maximum Gasteiger partial charge on any atom is 0.407 e. The average Bonchev–Trinajstić information content (AvgIpc) is 2.07. The van der Waals surface area contributed by atoms with Crippen molar-refractivity contribution >= 4 is 18.5 Å². The van der Waals surface area contributed by atoms with E-state index < -0.39 is 0 Å². The lowest BCUT2D eigenvalue weighted by atomic mass is 10.2. The van der Waals surface area contributed by atoms with E-state index in [1.807, 2.05) is 0 Å². The van der Waals surface area contributed by atoms with Crippen LogP contribution in [0.5, 0.6) is 0 Å². The zero-order chi connectivity index (χ0) is 7.14. The molecule has 0 unspecified atom stereocenters. The van der Waals surface area contributed by atoms with Crippen molar-refractivity contribution in [2.75, 3.05) is 0 Å². The molecule has 4 nitrogen and oxygen atoms in total. The Bertz CT molecular complexity index is 174. The van der Waals surface area contributed by atoms with E-state index in [1.165, 1.54) is 0 Å². The first-order valence-corrected chi connectivity index (χ1v) is 3.48. The third-order valence-electron chi connectivity index (χ3n) is 2.13. The summed E-state index contributed by atoms with van der Waals surface area (Å²) in [5, 5.41) is 2.70.